The molecule has 34 heavy (non-hydrogen) atoms. The van der Waals surface area contributed by atoms with Gasteiger partial charge in [0.05, 0.1) is 18.8 Å². The first-order chi connectivity index (χ1) is 15.9. The summed E-state index contributed by atoms with van der Waals surface area (Å²) in [6, 6.07) is 0. The number of aliphatic hydroxyl groups excluding tert-OH is 5. The molecule has 0 aromatic rings. The number of aliphatic hydroxyl groups is 6. The molecule has 8 heteroatoms. The molecule has 8 nitrogen and oxygen atoms in total. The minimum Gasteiger partial charge on any atom is -0.394 e. The van der Waals surface area contributed by atoms with Gasteiger partial charge in [0.15, 0.2) is 6.29 Å². The van der Waals surface area contributed by atoms with Crippen LogP contribution in [0, 0.1) is 28.6 Å². The van der Waals surface area contributed by atoms with Crippen LogP contribution in [-0.2, 0) is 9.47 Å². The molecule has 192 valence electrons. The Kier molecular flexibility index (Phi) is 5.90. The van der Waals surface area contributed by atoms with E-state index in [1.54, 1.807) is 0 Å². The lowest BCUT2D eigenvalue weighted by atomic mass is 9.63. The zero-order valence-electron chi connectivity index (χ0n) is 20.1. The standard InChI is InChI=1S/C26H40O8/c1-12-8-25-9-14(12)5-6-15(25)13(2)16-7-19(24(3,4)26(16,32)18(28)10-25)34-23-22(31)21(30)20(29)17(11-27)33-23/h14-23,27-32H,1-2,5-11H2,3-4H3/t14-,15+,16+,17-,18-,19+,20-,21+,22-,23+,25-,26+/m1/s1. The second kappa shape index (κ2) is 8.08. The predicted octanol–water partition coefficient (Wildman–Crippen LogP) is 0.632. The van der Waals surface area contributed by atoms with Crippen LogP contribution in [0.2, 0.25) is 0 Å². The molecule has 1 saturated heterocycles. The normalized spacial score (nSPS) is 54.5. The van der Waals surface area contributed by atoms with E-state index in [0.29, 0.717) is 18.8 Å². The lowest BCUT2D eigenvalue weighted by Crippen LogP contribution is -2.61. The van der Waals surface area contributed by atoms with E-state index in [-0.39, 0.29) is 11.3 Å². The van der Waals surface area contributed by atoms with Crippen LogP contribution in [0.4, 0.5) is 0 Å². The summed E-state index contributed by atoms with van der Waals surface area (Å²) in [6.07, 6.45) is -3.77. The van der Waals surface area contributed by atoms with Crippen molar-refractivity contribution in [1.29, 1.82) is 0 Å². The van der Waals surface area contributed by atoms with Gasteiger partial charge in [-0.15, -0.1) is 0 Å². The fourth-order valence-corrected chi connectivity index (χ4v) is 8.27. The number of fused-ring (bicyclic) bond motifs is 2. The van der Waals surface area contributed by atoms with Crippen molar-refractivity contribution in [3.05, 3.63) is 24.3 Å². The van der Waals surface area contributed by atoms with Crippen LogP contribution in [0.25, 0.3) is 0 Å². The van der Waals surface area contributed by atoms with Gasteiger partial charge in [0.25, 0.3) is 0 Å². The third-order valence-corrected chi connectivity index (χ3v) is 10.3. The average Bonchev–Trinajstić information content (AvgIpc) is 3.12. The molecule has 4 saturated carbocycles. The van der Waals surface area contributed by atoms with Crippen LogP contribution in [0.1, 0.15) is 52.4 Å². The van der Waals surface area contributed by atoms with E-state index >= 15 is 0 Å². The summed E-state index contributed by atoms with van der Waals surface area (Å²) >= 11 is 0. The van der Waals surface area contributed by atoms with E-state index in [0.717, 1.165) is 31.3 Å². The molecule has 5 aliphatic rings. The van der Waals surface area contributed by atoms with Gasteiger partial charge in [0, 0.05) is 11.3 Å². The predicted molar refractivity (Wildman–Crippen MR) is 122 cm³/mol. The quantitative estimate of drug-likeness (QED) is 0.323. The third kappa shape index (κ3) is 3.20. The van der Waals surface area contributed by atoms with Crippen molar-refractivity contribution in [2.75, 3.05) is 6.61 Å². The van der Waals surface area contributed by atoms with Gasteiger partial charge < -0.3 is 40.1 Å². The van der Waals surface area contributed by atoms with Gasteiger partial charge in [-0.05, 0) is 55.8 Å². The maximum Gasteiger partial charge on any atom is 0.186 e. The number of hydrogen-bond acceptors (Lipinski definition) is 8. The molecule has 4 aliphatic carbocycles. The minimum absolute atomic E-state index is 0.111. The summed E-state index contributed by atoms with van der Waals surface area (Å²) < 4.78 is 11.7. The monoisotopic (exact) mass is 480 g/mol. The Morgan fingerprint density at radius 2 is 1.71 bits per heavy atom. The van der Waals surface area contributed by atoms with Crippen LogP contribution in [0.3, 0.4) is 0 Å². The molecule has 0 radical (unpaired) electrons. The summed E-state index contributed by atoms with van der Waals surface area (Å²) in [4.78, 5) is 0. The molecule has 1 aliphatic heterocycles. The van der Waals surface area contributed by atoms with E-state index in [9.17, 15) is 30.6 Å². The van der Waals surface area contributed by atoms with Crippen LogP contribution < -0.4 is 0 Å². The van der Waals surface area contributed by atoms with Gasteiger partial charge in [-0.25, -0.2) is 0 Å². The lowest BCUT2D eigenvalue weighted by Gasteiger charge is -2.47. The molecule has 5 rings (SSSR count). The maximum atomic E-state index is 12.2. The highest BCUT2D eigenvalue weighted by molar-refractivity contribution is 5.32. The van der Waals surface area contributed by atoms with E-state index in [1.165, 1.54) is 5.57 Å². The average molecular weight is 481 g/mol. The van der Waals surface area contributed by atoms with Crippen LogP contribution in [0.5, 0.6) is 0 Å². The molecule has 6 N–H and O–H groups in total. The van der Waals surface area contributed by atoms with Gasteiger partial charge in [-0.1, -0.05) is 38.2 Å². The largest absolute Gasteiger partial charge is 0.394 e. The third-order valence-electron chi connectivity index (χ3n) is 10.3. The summed E-state index contributed by atoms with van der Waals surface area (Å²) in [5, 5.41) is 64.1. The zero-order valence-corrected chi connectivity index (χ0v) is 20.1. The molecule has 2 bridgehead atoms. The second-order valence-corrected chi connectivity index (χ2v) is 12.2. The lowest BCUT2D eigenvalue weighted by molar-refractivity contribution is -0.321. The zero-order chi connectivity index (χ0) is 24.8. The van der Waals surface area contributed by atoms with Gasteiger partial charge in [0.1, 0.15) is 30.0 Å². The van der Waals surface area contributed by atoms with Crippen molar-refractivity contribution in [2.45, 2.75) is 101 Å². The molecule has 1 spiro atoms. The molecule has 12 atom stereocenters. The molecule has 0 amide bonds. The maximum absolute atomic E-state index is 12.2. The van der Waals surface area contributed by atoms with Gasteiger partial charge >= 0.3 is 0 Å². The number of ether oxygens (including phenoxy) is 2. The van der Waals surface area contributed by atoms with E-state index < -0.39 is 66.5 Å². The number of rotatable bonds is 3. The Morgan fingerprint density at radius 3 is 2.38 bits per heavy atom. The summed E-state index contributed by atoms with van der Waals surface area (Å²) in [7, 11) is 0. The molecule has 1 heterocycles. The minimum atomic E-state index is -1.54. The Labute approximate surface area is 200 Å². The van der Waals surface area contributed by atoms with Crippen molar-refractivity contribution >= 4 is 0 Å². The van der Waals surface area contributed by atoms with E-state index in [1.807, 2.05) is 13.8 Å². The highest BCUT2D eigenvalue weighted by Crippen LogP contribution is 2.68. The van der Waals surface area contributed by atoms with Crippen molar-refractivity contribution in [1.82, 2.24) is 0 Å². The number of hydrogen-bond donors (Lipinski definition) is 6. The molecular weight excluding hydrogens is 440 g/mol. The summed E-state index contributed by atoms with van der Waals surface area (Å²) in [6.45, 7) is 11.9. The van der Waals surface area contributed by atoms with Gasteiger partial charge in [-0.2, -0.15) is 0 Å². The molecular formula is C26H40O8. The summed E-state index contributed by atoms with van der Waals surface area (Å²) in [5.74, 6) is 0.278. The first kappa shape index (κ1) is 24.8. The highest BCUT2D eigenvalue weighted by atomic mass is 16.7. The van der Waals surface area contributed by atoms with Crippen LogP contribution in [0.15, 0.2) is 24.3 Å². The second-order valence-electron chi connectivity index (χ2n) is 12.2. The summed E-state index contributed by atoms with van der Waals surface area (Å²) in [5.41, 5.74) is -0.322. The Bertz CT molecular complexity index is 856. The molecule has 0 unspecified atom stereocenters. The van der Waals surface area contributed by atoms with Crippen LogP contribution >= 0.6 is 0 Å². The fourth-order valence-electron chi connectivity index (χ4n) is 8.27. The van der Waals surface area contributed by atoms with Crippen LogP contribution in [-0.4, -0.2) is 85.8 Å². The van der Waals surface area contributed by atoms with E-state index in [2.05, 4.69) is 13.2 Å². The van der Waals surface area contributed by atoms with Gasteiger partial charge in [-0.3, -0.25) is 0 Å². The SMILES string of the molecule is C=C1C[C@]23C[C@H]1CC[C@H]2C(=C)[C@@H]1C[C@H](O[C@@H]2O[C@H](CO)[C@@H](O)[C@H](O)[C@H]2O)C(C)(C)[C@@]1(O)[C@H](O)C3. The molecule has 5 fully saturated rings. The first-order valence-electron chi connectivity index (χ1n) is 12.6. The smallest absolute Gasteiger partial charge is 0.186 e. The Balaban J connectivity index is 1.44. The van der Waals surface area contributed by atoms with Crippen molar-refractivity contribution in [2.24, 2.45) is 28.6 Å². The van der Waals surface area contributed by atoms with E-state index in [4.69, 9.17) is 9.47 Å². The molecule has 0 aromatic carbocycles. The number of allylic oxidation sites excluding steroid dienone is 1. The van der Waals surface area contributed by atoms with Crippen molar-refractivity contribution < 1.29 is 40.1 Å². The molecule has 0 aromatic heterocycles. The van der Waals surface area contributed by atoms with Gasteiger partial charge in [0.2, 0.25) is 0 Å². The van der Waals surface area contributed by atoms with Crippen molar-refractivity contribution in [3.63, 3.8) is 0 Å². The Morgan fingerprint density at radius 1 is 1.00 bits per heavy atom. The topological polar surface area (TPSA) is 140 Å². The fraction of sp³-hybridized carbons (Fsp3) is 0.846. The highest BCUT2D eigenvalue weighted by Gasteiger charge is 2.69. The van der Waals surface area contributed by atoms with Crippen molar-refractivity contribution in [3.8, 4) is 0 Å². The Hall–Kier alpha value is -0.840. The first-order valence-corrected chi connectivity index (χ1v) is 12.6.